The van der Waals surface area contributed by atoms with Gasteiger partial charge < -0.3 is 5.11 Å². The normalized spacial score (nSPS) is 12.7. The van der Waals surface area contributed by atoms with Crippen LogP contribution < -0.4 is 0 Å². The first-order valence-electron chi connectivity index (χ1n) is 4.53. The molecule has 2 heterocycles. The highest BCUT2D eigenvalue weighted by atomic mass is 79.9. The van der Waals surface area contributed by atoms with E-state index < -0.39 is 6.10 Å². The maximum Gasteiger partial charge on any atom is 0.131 e. The van der Waals surface area contributed by atoms with Crippen molar-refractivity contribution in [1.29, 1.82) is 0 Å². The first kappa shape index (κ1) is 10.8. The molecule has 15 heavy (non-hydrogen) atoms. The standard InChI is InChI=1S/C11H10BrNOS/c1-7-3-2-4-9(13-7)10(14)11-8(12)5-6-15-11/h2-6,10,14H,1H3. The van der Waals surface area contributed by atoms with Crippen LogP contribution in [0.25, 0.3) is 0 Å². The minimum absolute atomic E-state index is 0.640. The number of aryl methyl sites for hydroxylation is 1. The third kappa shape index (κ3) is 2.27. The maximum atomic E-state index is 10.1. The molecule has 0 saturated carbocycles. The van der Waals surface area contributed by atoms with Crippen molar-refractivity contribution in [2.24, 2.45) is 0 Å². The Balaban J connectivity index is 2.36. The third-order valence-electron chi connectivity index (χ3n) is 2.08. The van der Waals surface area contributed by atoms with Crippen LogP contribution in [0.2, 0.25) is 0 Å². The second kappa shape index (κ2) is 4.43. The lowest BCUT2D eigenvalue weighted by Crippen LogP contribution is -2.01. The number of hydrogen-bond donors (Lipinski definition) is 1. The molecule has 2 aromatic rings. The fourth-order valence-electron chi connectivity index (χ4n) is 1.35. The van der Waals surface area contributed by atoms with Crippen molar-refractivity contribution in [2.45, 2.75) is 13.0 Å². The van der Waals surface area contributed by atoms with E-state index in [1.807, 2.05) is 36.6 Å². The van der Waals surface area contributed by atoms with Crippen molar-refractivity contribution < 1.29 is 5.11 Å². The highest BCUT2D eigenvalue weighted by Crippen LogP contribution is 2.32. The maximum absolute atomic E-state index is 10.1. The van der Waals surface area contributed by atoms with Crippen LogP contribution >= 0.6 is 27.3 Å². The molecule has 0 bridgehead atoms. The molecule has 0 aliphatic heterocycles. The Morgan fingerprint density at radius 2 is 2.20 bits per heavy atom. The minimum Gasteiger partial charge on any atom is -0.381 e. The zero-order valence-corrected chi connectivity index (χ0v) is 10.5. The van der Waals surface area contributed by atoms with Gasteiger partial charge in [0.25, 0.3) is 0 Å². The molecule has 0 aliphatic rings. The van der Waals surface area contributed by atoms with Crippen molar-refractivity contribution in [3.05, 3.63) is 50.4 Å². The van der Waals surface area contributed by atoms with Crippen LogP contribution in [0.3, 0.4) is 0 Å². The zero-order chi connectivity index (χ0) is 10.8. The molecular formula is C11H10BrNOS. The molecular weight excluding hydrogens is 274 g/mol. The van der Waals surface area contributed by atoms with Crippen LogP contribution in [0.15, 0.2) is 34.1 Å². The third-order valence-corrected chi connectivity index (χ3v) is 4.01. The van der Waals surface area contributed by atoms with Gasteiger partial charge in [0.05, 0.1) is 10.6 Å². The van der Waals surface area contributed by atoms with Crippen molar-refractivity contribution in [2.75, 3.05) is 0 Å². The lowest BCUT2D eigenvalue weighted by molar-refractivity contribution is 0.218. The fourth-order valence-corrected chi connectivity index (χ4v) is 2.94. The van der Waals surface area contributed by atoms with E-state index in [4.69, 9.17) is 0 Å². The summed E-state index contributed by atoms with van der Waals surface area (Å²) in [5, 5.41) is 12.0. The molecule has 0 fully saturated rings. The number of thiophene rings is 1. The van der Waals surface area contributed by atoms with Crippen LogP contribution in [0.5, 0.6) is 0 Å². The number of nitrogens with zero attached hydrogens (tertiary/aromatic N) is 1. The molecule has 4 heteroatoms. The SMILES string of the molecule is Cc1cccc(C(O)c2sccc2Br)n1. The molecule has 1 unspecified atom stereocenters. The van der Waals surface area contributed by atoms with Crippen LogP contribution in [0, 0.1) is 6.92 Å². The lowest BCUT2D eigenvalue weighted by Gasteiger charge is -2.09. The summed E-state index contributed by atoms with van der Waals surface area (Å²) in [6.45, 7) is 1.92. The molecule has 0 radical (unpaired) electrons. The minimum atomic E-state index is -0.640. The molecule has 1 N–H and O–H groups in total. The zero-order valence-electron chi connectivity index (χ0n) is 8.14. The molecule has 2 nitrogen and oxygen atoms in total. The highest BCUT2D eigenvalue weighted by Gasteiger charge is 2.16. The summed E-state index contributed by atoms with van der Waals surface area (Å²) in [5.41, 5.74) is 1.61. The number of pyridine rings is 1. The average Bonchev–Trinajstić information content (AvgIpc) is 2.63. The van der Waals surface area contributed by atoms with Crippen molar-refractivity contribution in [1.82, 2.24) is 4.98 Å². The van der Waals surface area contributed by atoms with E-state index in [0.717, 1.165) is 15.0 Å². The number of halogens is 1. The molecule has 2 rings (SSSR count). The summed E-state index contributed by atoms with van der Waals surface area (Å²) in [5.74, 6) is 0. The van der Waals surface area contributed by atoms with Crippen LogP contribution in [0.4, 0.5) is 0 Å². The van der Waals surface area contributed by atoms with E-state index in [0.29, 0.717) is 5.69 Å². The quantitative estimate of drug-likeness (QED) is 0.918. The van der Waals surface area contributed by atoms with Crippen LogP contribution in [-0.4, -0.2) is 10.1 Å². The molecule has 2 aromatic heterocycles. The smallest absolute Gasteiger partial charge is 0.131 e. The van der Waals surface area contributed by atoms with Crippen molar-refractivity contribution >= 4 is 27.3 Å². The first-order valence-corrected chi connectivity index (χ1v) is 6.20. The van der Waals surface area contributed by atoms with Gasteiger partial charge in [-0.1, -0.05) is 6.07 Å². The number of aliphatic hydroxyl groups is 1. The molecule has 0 amide bonds. The Morgan fingerprint density at radius 3 is 2.80 bits per heavy atom. The molecule has 1 atom stereocenters. The van der Waals surface area contributed by atoms with E-state index in [9.17, 15) is 5.11 Å². The number of rotatable bonds is 2. The molecule has 78 valence electrons. The van der Waals surface area contributed by atoms with Gasteiger partial charge in [-0.05, 0) is 46.4 Å². The van der Waals surface area contributed by atoms with E-state index in [-0.39, 0.29) is 0 Å². The van der Waals surface area contributed by atoms with Crippen LogP contribution in [-0.2, 0) is 0 Å². The predicted octanol–water partition coefficient (Wildman–Crippen LogP) is 3.30. The molecule has 0 aromatic carbocycles. The Labute approximate surface area is 101 Å². The van der Waals surface area contributed by atoms with E-state index in [2.05, 4.69) is 20.9 Å². The first-order chi connectivity index (χ1) is 7.18. The van der Waals surface area contributed by atoms with Gasteiger partial charge >= 0.3 is 0 Å². The summed E-state index contributed by atoms with van der Waals surface area (Å²) in [4.78, 5) is 5.20. The number of aliphatic hydroxyl groups excluding tert-OH is 1. The van der Waals surface area contributed by atoms with Gasteiger partial charge in [0, 0.05) is 10.2 Å². The largest absolute Gasteiger partial charge is 0.381 e. The summed E-state index contributed by atoms with van der Waals surface area (Å²) in [7, 11) is 0. The van der Waals surface area contributed by atoms with Gasteiger partial charge in [-0.15, -0.1) is 11.3 Å². The van der Waals surface area contributed by atoms with Crippen LogP contribution in [0.1, 0.15) is 22.4 Å². The second-order valence-corrected chi connectivity index (χ2v) is 5.04. The van der Waals surface area contributed by atoms with E-state index >= 15 is 0 Å². The highest BCUT2D eigenvalue weighted by molar-refractivity contribution is 9.10. The summed E-state index contributed by atoms with van der Waals surface area (Å²) >= 11 is 4.93. The lowest BCUT2D eigenvalue weighted by atomic mass is 10.2. The van der Waals surface area contributed by atoms with E-state index in [1.54, 1.807) is 0 Å². The van der Waals surface area contributed by atoms with Gasteiger partial charge in [0.2, 0.25) is 0 Å². The van der Waals surface area contributed by atoms with Gasteiger partial charge in [0.15, 0.2) is 0 Å². The van der Waals surface area contributed by atoms with E-state index in [1.165, 1.54) is 11.3 Å². The monoisotopic (exact) mass is 283 g/mol. The van der Waals surface area contributed by atoms with Gasteiger partial charge in [0.1, 0.15) is 6.10 Å². The van der Waals surface area contributed by atoms with Gasteiger partial charge in [-0.3, -0.25) is 4.98 Å². The Morgan fingerprint density at radius 1 is 1.40 bits per heavy atom. The molecule has 0 aliphatic carbocycles. The van der Waals surface area contributed by atoms with Gasteiger partial charge in [-0.2, -0.15) is 0 Å². The fraction of sp³-hybridized carbons (Fsp3) is 0.182. The summed E-state index contributed by atoms with van der Waals surface area (Å²) < 4.78 is 0.934. The molecule has 0 saturated heterocycles. The number of aromatic nitrogens is 1. The predicted molar refractivity (Wildman–Crippen MR) is 65.1 cm³/mol. The Hall–Kier alpha value is -0.710. The average molecular weight is 284 g/mol. The van der Waals surface area contributed by atoms with Crippen molar-refractivity contribution in [3.8, 4) is 0 Å². The second-order valence-electron chi connectivity index (χ2n) is 3.24. The Kier molecular flexibility index (Phi) is 3.19. The summed E-state index contributed by atoms with van der Waals surface area (Å²) in [6, 6.07) is 7.59. The number of hydrogen-bond acceptors (Lipinski definition) is 3. The Bertz CT molecular complexity index is 469. The van der Waals surface area contributed by atoms with Gasteiger partial charge in [-0.25, -0.2) is 0 Å². The van der Waals surface area contributed by atoms with Crippen molar-refractivity contribution in [3.63, 3.8) is 0 Å². The topological polar surface area (TPSA) is 33.1 Å². The summed E-state index contributed by atoms with van der Waals surface area (Å²) in [6.07, 6.45) is -0.640. The molecule has 0 spiro atoms.